The van der Waals surface area contributed by atoms with E-state index in [0.29, 0.717) is 48.9 Å². The van der Waals surface area contributed by atoms with E-state index in [1.807, 2.05) is 0 Å². The third-order valence-electron chi connectivity index (χ3n) is 7.09. The number of carbonyl (C=O) groups is 2. The van der Waals surface area contributed by atoms with Crippen LogP contribution in [-0.2, 0) is 24.1 Å². The van der Waals surface area contributed by atoms with Crippen LogP contribution in [0.1, 0.15) is 43.7 Å². The molecule has 1 fully saturated rings. The predicted molar refractivity (Wildman–Crippen MR) is 149 cm³/mol. The highest BCUT2D eigenvalue weighted by Crippen LogP contribution is 2.38. The fourth-order valence-electron chi connectivity index (χ4n) is 4.89. The van der Waals surface area contributed by atoms with E-state index >= 15 is 0 Å². The topological polar surface area (TPSA) is 80.1 Å². The van der Waals surface area contributed by atoms with Gasteiger partial charge in [-0.2, -0.15) is 13.2 Å². The number of urea groups is 1. The van der Waals surface area contributed by atoms with Gasteiger partial charge in [0.05, 0.1) is 19.3 Å². The summed E-state index contributed by atoms with van der Waals surface area (Å²) in [4.78, 5) is 34.6. The van der Waals surface area contributed by atoms with Crippen molar-refractivity contribution in [2.75, 3.05) is 45.8 Å². The van der Waals surface area contributed by atoms with Crippen LogP contribution in [0.4, 0.5) is 23.7 Å². The number of hydrogen-bond acceptors (Lipinski definition) is 5. The van der Waals surface area contributed by atoms with Crippen LogP contribution in [0.3, 0.4) is 0 Å². The molecule has 1 aliphatic heterocycles. The smallest absolute Gasteiger partial charge is 0.418 e. The molecular formula is C29H36F3N5O4. The Hall–Kier alpha value is -3.96. The largest absolute Gasteiger partial charge is 0.493 e. The first-order chi connectivity index (χ1) is 19.5. The fraction of sp³-hybridized carbons (Fsp3) is 0.483. The number of methoxy groups -OCH3 is 1. The Kier molecular flexibility index (Phi) is 9.29. The number of rotatable bonds is 11. The van der Waals surface area contributed by atoms with Gasteiger partial charge in [0.15, 0.2) is 11.5 Å². The molecule has 0 N–H and O–H groups in total. The molecule has 1 aromatic carbocycles. The van der Waals surface area contributed by atoms with Gasteiger partial charge in [0.25, 0.3) is 0 Å². The first-order valence-electron chi connectivity index (χ1n) is 13.7. The Morgan fingerprint density at radius 1 is 1.12 bits per heavy atom. The van der Waals surface area contributed by atoms with Crippen LogP contribution in [0.15, 0.2) is 36.7 Å². The SMILES string of the molecule is CCCCCOc1cc(N2CCCN(Cc3ccnc4c3c(C(F)(F)F)cn4CC(=O)N(C)C)C2=O)ccc1OC. The van der Waals surface area contributed by atoms with Gasteiger partial charge in [-0.05, 0) is 36.6 Å². The van der Waals surface area contributed by atoms with Crippen molar-refractivity contribution in [1.29, 1.82) is 0 Å². The number of likely N-dealkylation sites (N-methyl/N-ethyl adjacent to an activating group) is 1. The molecule has 0 radical (unpaired) electrons. The maximum Gasteiger partial charge on any atom is 0.418 e. The fourth-order valence-corrected chi connectivity index (χ4v) is 4.89. The summed E-state index contributed by atoms with van der Waals surface area (Å²) >= 11 is 0. The van der Waals surface area contributed by atoms with Crippen molar-refractivity contribution in [3.05, 3.63) is 47.8 Å². The first-order valence-corrected chi connectivity index (χ1v) is 13.7. The maximum atomic E-state index is 14.1. The van der Waals surface area contributed by atoms with E-state index in [0.717, 1.165) is 25.5 Å². The Balaban J connectivity index is 1.62. The Bertz CT molecular complexity index is 1390. The molecule has 0 atom stereocenters. The number of halogens is 3. The number of benzene rings is 1. The van der Waals surface area contributed by atoms with Crippen molar-refractivity contribution < 1.29 is 32.2 Å². The zero-order chi connectivity index (χ0) is 29.7. The summed E-state index contributed by atoms with van der Waals surface area (Å²) in [5, 5.41) is -0.108. The third kappa shape index (κ3) is 6.68. The van der Waals surface area contributed by atoms with Gasteiger partial charge in [-0.3, -0.25) is 9.69 Å². The zero-order valence-corrected chi connectivity index (χ0v) is 23.8. The normalized spacial score (nSPS) is 14.1. The number of anilines is 1. The Morgan fingerprint density at radius 2 is 1.90 bits per heavy atom. The Morgan fingerprint density at radius 3 is 2.59 bits per heavy atom. The lowest BCUT2D eigenvalue weighted by Crippen LogP contribution is -2.49. The molecule has 3 heterocycles. The van der Waals surface area contributed by atoms with Gasteiger partial charge >= 0.3 is 12.2 Å². The van der Waals surface area contributed by atoms with Gasteiger partial charge in [-0.1, -0.05) is 19.8 Å². The van der Waals surface area contributed by atoms with Crippen molar-refractivity contribution in [2.45, 2.75) is 51.9 Å². The second kappa shape index (κ2) is 12.7. The molecule has 1 aliphatic rings. The van der Waals surface area contributed by atoms with E-state index < -0.39 is 11.7 Å². The van der Waals surface area contributed by atoms with Gasteiger partial charge in [0.1, 0.15) is 12.2 Å². The van der Waals surface area contributed by atoms with Gasteiger partial charge in [-0.15, -0.1) is 0 Å². The van der Waals surface area contributed by atoms with Crippen LogP contribution in [0.2, 0.25) is 0 Å². The van der Waals surface area contributed by atoms with Crippen LogP contribution in [0, 0.1) is 0 Å². The molecule has 3 aromatic rings. The summed E-state index contributed by atoms with van der Waals surface area (Å²) in [7, 11) is 4.63. The number of unbranched alkanes of at least 4 members (excludes halogenated alkanes) is 2. The molecule has 0 saturated carbocycles. The highest BCUT2D eigenvalue weighted by atomic mass is 19.4. The standard InChI is InChI=1S/C29H36F3N5O4/c1-5-6-7-15-41-24-16-21(9-10-23(24)40-4)37-14-8-13-35(28(37)39)17-20-11-12-33-27-26(20)22(29(30,31)32)18-36(27)19-25(38)34(2)3/h9-12,16,18H,5-8,13-15,17,19H2,1-4H3. The van der Waals surface area contributed by atoms with Gasteiger partial charge in [0, 0.05) is 63.3 Å². The minimum Gasteiger partial charge on any atom is -0.493 e. The summed E-state index contributed by atoms with van der Waals surface area (Å²) < 4.78 is 55.0. The number of nitrogens with zero attached hydrogens (tertiary/aromatic N) is 5. The van der Waals surface area contributed by atoms with Crippen molar-refractivity contribution >= 4 is 28.7 Å². The lowest BCUT2D eigenvalue weighted by Gasteiger charge is -2.36. The van der Waals surface area contributed by atoms with E-state index in [2.05, 4.69) is 11.9 Å². The van der Waals surface area contributed by atoms with Crippen molar-refractivity contribution in [1.82, 2.24) is 19.4 Å². The summed E-state index contributed by atoms with van der Waals surface area (Å²) in [6.45, 7) is 3.15. The molecule has 3 amide bonds. The van der Waals surface area contributed by atoms with E-state index in [-0.39, 0.29) is 36.1 Å². The first kappa shape index (κ1) is 30.0. The zero-order valence-electron chi connectivity index (χ0n) is 23.8. The predicted octanol–water partition coefficient (Wildman–Crippen LogP) is 5.55. The van der Waals surface area contributed by atoms with E-state index in [1.165, 1.54) is 40.7 Å². The molecule has 41 heavy (non-hydrogen) atoms. The molecule has 0 spiro atoms. The molecule has 0 unspecified atom stereocenters. The van der Waals surface area contributed by atoms with Crippen LogP contribution in [-0.4, -0.2) is 72.2 Å². The number of hydrogen-bond donors (Lipinski definition) is 0. The van der Waals surface area contributed by atoms with E-state index in [9.17, 15) is 22.8 Å². The second-order valence-electron chi connectivity index (χ2n) is 10.2. The minimum atomic E-state index is -4.67. The molecule has 2 aromatic heterocycles. The lowest BCUT2D eigenvalue weighted by molar-refractivity contribution is -0.136. The van der Waals surface area contributed by atoms with E-state index in [4.69, 9.17) is 9.47 Å². The molecule has 0 aliphatic carbocycles. The highest BCUT2D eigenvalue weighted by molar-refractivity contribution is 5.94. The lowest BCUT2D eigenvalue weighted by atomic mass is 10.1. The molecule has 12 heteroatoms. The van der Waals surface area contributed by atoms with Gasteiger partial charge < -0.3 is 23.8 Å². The molecule has 4 rings (SSSR count). The summed E-state index contributed by atoms with van der Waals surface area (Å²) in [6.07, 6.45) is 1.28. The number of ether oxygens (including phenoxy) is 2. The quantitative estimate of drug-likeness (QED) is 0.280. The molecular weight excluding hydrogens is 539 g/mol. The van der Waals surface area contributed by atoms with Crippen molar-refractivity contribution in [3.8, 4) is 11.5 Å². The number of pyridine rings is 1. The molecule has 222 valence electrons. The summed E-state index contributed by atoms with van der Waals surface area (Å²) in [6, 6.07) is 6.46. The summed E-state index contributed by atoms with van der Waals surface area (Å²) in [5.41, 5.74) is 0.0910. The molecule has 1 saturated heterocycles. The van der Waals surface area contributed by atoms with Crippen LogP contribution in [0.25, 0.3) is 11.0 Å². The third-order valence-corrected chi connectivity index (χ3v) is 7.09. The number of aromatic nitrogens is 2. The average molecular weight is 576 g/mol. The van der Waals surface area contributed by atoms with Crippen LogP contribution in [0.5, 0.6) is 11.5 Å². The second-order valence-corrected chi connectivity index (χ2v) is 10.2. The Labute approximate surface area is 237 Å². The average Bonchev–Trinajstić information content (AvgIpc) is 3.32. The number of alkyl halides is 3. The monoisotopic (exact) mass is 575 g/mol. The maximum absolute atomic E-state index is 14.1. The van der Waals surface area contributed by atoms with Crippen LogP contribution >= 0.6 is 0 Å². The minimum absolute atomic E-state index is 0.0421. The number of carbonyl (C=O) groups excluding carboxylic acids is 2. The summed E-state index contributed by atoms with van der Waals surface area (Å²) in [5.74, 6) is 0.728. The van der Waals surface area contributed by atoms with E-state index in [1.54, 1.807) is 30.2 Å². The van der Waals surface area contributed by atoms with Crippen molar-refractivity contribution in [2.24, 2.45) is 0 Å². The molecule has 0 bridgehead atoms. The van der Waals surface area contributed by atoms with Gasteiger partial charge in [-0.25, -0.2) is 9.78 Å². The van der Waals surface area contributed by atoms with Crippen molar-refractivity contribution in [3.63, 3.8) is 0 Å². The van der Waals surface area contributed by atoms with Crippen LogP contribution < -0.4 is 14.4 Å². The number of fused-ring (bicyclic) bond motifs is 1. The number of amides is 3. The highest BCUT2D eigenvalue weighted by Gasteiger charge is 2.37. The molecule has 9 nitrogen and oxygen atoms in total. The van der Waals surface area contributed by atoms with Gasteiger partial charge in [0.2, 0.25) is 5.91 Å².